The molecule has 1 amide bonds. The molecule has 1 aromatic heterocycles. The van der Waals surface area contributed by atoms with E-state index in [0.717, 1.165) is 30.0 Å². The van der Waals surface area contributed by atoms with E-state index in [4.69, 9.17) is 4.74 Å². The number of aromatic nitrogens is 2. The van der Waals surface area contributed by atoms with Gasteiger partial charge in [-0.2, -0.15) is 0 Å². The number of rotatable bonds is 3. The minimum absolute atomic E-state index is 0.159. The number of ether oxygens (including phenoxy) is 1. The van der Waals surface area contributed by atoms with Crippen LogP contribution in [0.15, 0.2) is 54.9 Å². The first kappa shape index (κ1) is 15.5. The fourth-order valence-corrected chi connectivity index (χ4v) is 2.96. The molecule has 1 aliphatic heterocycles. The van der Waals surface area contributed by atoms with Crippen molar-refractivity contribution in [3.8, 4) is 0 Å². The molecule has 1 saturated heterocycles. The zero-order valence-corrected chi connectivity index (χ0v) is 13.7. The van der Waals surface area contributed by atoms with Gasteiger partial charge in [0.1, 0.15) is 0 Å². The van der Waals surface area contributed by atoms with Crippen LogP contribution in [0.2, 0.25) is 0 Å². The molecule has 2 heterocycles. The van der Waals surface area contributed by atoms with E-state index in [2.05, 4.69) is 20.2 Å². The summed E-state index contributed by atoms with van der Waals surface area (Å²) in [6.07, 6.45) is 3.26. The lowest BCUT2D eigenvalue weighted by Crippen LogP contribution is -2.36. The number of nitrogens with one attached hydrogen (secondary N) is 1. The van der Waals surface area contributed by atoms with Gasteiger partial charge in [-0.25, -0.2) is 0 Å². The van der Waals surface area contributed by atoms with Crippen LogP contribution in [0.5, 0.6) is 0 Å². The van der Waals surface area contributed by atoms with Crippen molar-refractivity contribution in [3.05, 3.63) is 60.4 Å². The van der Waals surface area contributed by atoms with Crippen molar-refractivity contribution in [1.82, 2.24) is 9.97 Å². The van der Waals surface area contributed by atoms with Gasteiger partial charge < -0.3 is 15.0 Å². The first-order chi connectivity index (χ1) is 12.3. The molecule has 6 nitrogen and oxygen atoms in total. The average molecular weight is 334 g/mol. The van der Waals surface area contributed by atoms with Crippen LogP contribution < -0.4 is 10.2 Å². The lowest BCUT2D eigenvalue weighted by Gasteiger charge is -2.30. The van der Waals surface area contributed by atoms with Crippen LogP contribution in [0.3, 0.4) is 0 Å². The summed E-state index contributed by atoms with van der Waals surface area (Å²) in [5.74, 6) is -0.159. The van der Waals surface area contributed by atoms with Crippen molar-refractivity contribution in [2.24, 2.45) is 0 Å². The number of hydrogen-bond acceptors (Lipinski definition) is 5. The molecule has 0 bridgehead atoms. The maximum atomic E-state index is 12.7. The Morgan fingerprint density at radius 3 is 2.60 bits per heavy atom. The molecular formula is C19H18N4O2. The number of amides is 1. The maximum absolute atomic E-state index is 12.7. The number of carbonyl (C=O) groups excluding carboxylic acids is 1. The number of benzene rings is 2. The Hall–Kier alpha value is -2.99. The summed E-state index contributed by atoms with van der Waals surface area (Å²) < 4.78 is 5.41. The van der Waals surface area contributed by atoms with Gasteiger partial charge in [-0.05, 0) is 30.3 Å². The number of anilines is 2. The first-order valence-corrected chi connectivity index (χ1v) is 8.25. The highest BCUT2D eigenvalue weighted by molar-refractivity contribution is 6.07. The van der Waals surface area contributed by atoms with Gasteiger partial charge in [0, 0.05) is 31.0 Å². The quantitative estimate of drug-likeness (QED) is 0.798. The third-order valence-electron chi connectivity index (χ3n) is 4.24. The van der Waals surface area contributed by atoms with Crippen LogP contribution in [0, 0.1) is 0 Å². The molecule has 1 fully saturated rings. The summed E-state index contributed by atoms with van der Waals surface area (Å²) in [6, 6.07) is 13.2. The standard InChI is InChI=1S/C19H18N4O2/c24-19(14-5-6-15-17(13-14)21-8-7-20-15)22-16-3-1-2-4-18(16)23-9-11-25-12-10-23/h1-8,13H,9-12H2,(H,22,24). The summed E-state index contributed by atoms with van der Waals surface area (Å²) in [5.41, 5.74) is 3.85. The zero-order chi connectivity index (χ0) is 17.1. The smallest absolute Gasteiger partial charge is 0.255 e. The van der Waals surface area contributed by atoms with E-state index in [9.17, 15) is 4.79 Å². The number of fused-ring (bicyclic) bond motifs is 1. The minimum atomic E-state index is -0.159. The number of para-hydroxylation sites is 2. The topological polar surface area (TPSA) is 67.4 Å². The van der Waals surface area contributed by atoms with Crippen LogP contribution >= 0.6 is 0 Å². The fraction of sp³-hybridized carbons (Fsp3) is 0.211. The Morgan fingerprint density at radius 1 is 1.00 bits per heavy atom. The van der Waals surface area contributed by atoms with Gasteiger partial charge in [-0.1, -0.05) is 12.1 Å². The monoisotopic (exact) mass is 334 g/mol. The van der Waals surface area contributed by atoms with E-state index in [0.29, 0.717) is 24.3 Å². The summed E-state index contributed by atoms with van der Waals surface area (Å²) in [4.78, 5) is 23.4. The first-order valence-electron chi connectivity index (χ1n) is 8.25. The second kappa shape index (κ2) is 6.86. The van der Waals surface area contributed by atoms with Gasteiger partial charge in [0.25, 0.3) is 5.91 Å². The summed E-state index contributed by atoms with van der Waals surface area (Å²) in [7, 11) is 0. The molecule has 4 rings (SSSR count). The average Bonchev–Trinajstić information content (AvgIpc) is 2.68. The van der Waals surface area contributed by atoms with Gasteiger partial charge in [0.05, 0.1) is 35.6 Å². The number of carbonyl (C=O) groups is 1. The second-order valence-electron chi connectivity index (χ2n) is 5.83. The van der Waals surface area contributed by atoms with Crippen LogP contribution in [0.1, 0.15) is 10.4 Å². The summed E-state index contributed by atoms with van der Waals surface area (Å²) in [5, 5.41) is 3.02. The molecule has 126 valence electrons. The predicted molar refractivity (Wildman–Crippen MR) is 97.0 cm³/mol. The molecular weight excluding hydrogens is 316 g/mol. The van der Waals surface area contributed by atoms with E-state index in [1.165, 1.54) is 0 Å². The molecule has 2 aromatic carbocycles. The Morgan fingerprint density at radius 2 is 1.76 bits per heavy atom. The molecule has 0 aliphatic carbocycles. The van der Waals surface area contributed by atoms with Gasteiger partial charge >= 0.3 is 0 Å². The normalized spacial score (nSPS) is 14.5. The van der Waals surface area contributed by atoms with Gasteiger partial charge in [0.15, 0.2) is 0 Å². The Bertz CT molecular complexity index is 907. The van der Waals surface area contributed by atoms with Crippen molar-refractivity contribution in [2.45, 2.75) is 0 Å². The third kappa shape index (κ3) is 3.29. The number of morpholine rings is 1. The molecule has 1 N–H and O–H groups in total. The van der Waals surface area contributed by atoms with Crippen molar-refractivity contribution in [3.63, 3.8) is 0 Å². The lowest BCUT2D eigenvalue weighted by atomic mass is 10.1. The Kier molecular flexibility index (Phi) is 4.26. The maximum Gasteiger partial charge on any atom is 0.255 e. The molecule has 0 unspecified atom stereocenters. The molecule has 6 heteroatoms. The van der Waals surface area contributed by atoms with E-state index in [1.54, 1.807) is 24.5 Å². The highest BCUT2D eigenvalue weighted by Gasteiger charge is 2.16. The van der Waals surface area contributed by atoms with Crippen molar-refractivity contribution >= 4 is 28.3 Å². The summed E-state index contributed by atoms with van der Waals surface area (Å²) >= 11 is 0. The molecule has 3 aromatic rings. The van der Waals surface area contributed by atoms with Crippen LogP contribution in [0.4, 0.5) is 11.4 Å². The van der Waals surface area contributed by atoms with Gasteiger partial charge in [0.2, 0.25) is 0 Å². The highest BCUT2D eigenvalue weighted by Crippen LogP contribution is 2.27. The molecule has 0 saturated carbocycles. The van der Waals surface area contributed by atoms with Crippen LogP contribution in [0.25, 0.3) is 11.0 Å². The van der Waals surface area contributed by atoms with Crippen LogP contribution in [-0.4, -0.2) is 42.2 Å². The molecule has 1 aliphatic rings. The molecule has 25 heavy (non-hydrogen) atoms. The molecule has 0 radical (unpaired) electrons. The second-order valence-corrected chi connectivity index (χ2v) is 5.83. The zero-order valence-electron chi connectivity index (χ0n) is 13.7. The van der Waals surface area contributed by atoms with E-state index >= 15 is 0 Å². The molecule has 0 atom stereocenters. The van der Waals surface area contributed by atoms with Crippen LogP contribution in [-0.2, 0) is 4.74 Å². The SMILES string of the molecule is O=C(Nc1ccccc1N1CCOCC1)c1ccc2nccnc2c1. The van der Waals surface area contributed by atoms with Crippen molar-refractivity contribution < 1.29 is 9.53 Å². The minimum Gasteiger partial charge on any atom is -0.378 e. The Labute approximate surface area is 145 Å². The largest absolute Gasteiger partial charge is 0.378 e. The predicted octanol–water partition coefficient (Wildman–Crippen LogP) is 2.72. The van der Waals surface area contributed by atoms with Crippen molar-refractivity contribution in [2.75, 3.05) is 36.5 Å². The van der Waals surface area contributed by atoms with Gasteiger partial charge in [-0.3, -0.25) is 14.8 Å². The van der Waals surface area contributed by atoms with Crippen molar-refractivity contribution in [1.29, 1.82) is 0 Å². The number of nitrogens with zero attached hydrogens (tertiary/aromatic N) is 3. The third-order valence-corrected chi connectivity index (χ3v) is 4.24. The lowest BCUT2D eigenvalue weighted by molar-refractivity contribution is 0.102. The van der Waals surface area contributed by atoms with E-state index in [-0.39, 0.29) is 5.91 Å². The highest BCUT2D eigenvalue weighted by atomic mass is 16.5. The Balaban J connectivity index is 1.59. The van der Waals surface area contributed by atoms with Gasteiger partial charge in [-0.15, -0.1) is 0 Å². The fourth-order valence-electron chi connectivity index (χ4n) is 2.96. The van der Waals surface area contributed by atoms with E-state index < -0.39 is 0 Å². The molecule has 0 spiro atoms. The van der Waals surface area contributed by atoms with E-state index in [1.807, 2.05) is 30.3 Å². The summed E-state index contributed by atoms with van der Waals surface area (Å²) in [6.45, 7) is 3.04. The number of hydrogen-bond donors (Lipinski definition) is 1.